The maximum absolute atomic E-state index is 13.6. The molecule has 0 aromatic carbocycles. The maximum Gasteiger partial charge on any atom is 0.305 e. The van der Waals surface area contributed by atoms with E-state index >= 15 is 0 Å². The molecule has 10 atom stereocenters. The number of unbranched alkanes of at least 4 members (excludes halogenated alkanes) is 12. The number of carboxylic acids is 1. The standard InChI is InChI=1S/C50H90N14O16/c1-7-8-9-10-11-12-13-14-15-16-17-18-19-22-37(69)63-40(30(4)66)49(80)61-33(24-36(51)68)45(76)57-29(3)43(74)56-26-38(70)59-32(21-20-23-55-50(52)53)44(75)62-35(27-65)47(78)60-34(25-39(71)72)46(77)64-41(31(5)67)48(79)58-28(2)42(73)54-6/h28-35,40-41,65-67H,7-27H2,1-6H3,(H2,51,68)(H,54,73)(H,56,74)(H,57,76)(H,58,79)(H,59,70)(H,60,78)(H,61,80)(H,62,75)(H,63,69)(H,64,77)(H,71,72)(H4,52,53,55)/t28-,29-,30+,31+,32-,33-,34-,35-,40-,41-/m0/s1. The van der Waals surface area contributed by atoms with Crippen LogP contribution in [0, 0.1) is 0 Å². The minimum absolute atomic E-state index is 0.0231. The highest BCUT2D eigenvalue weighted by atomic mass is 16.4. The van der Waals surface area contributed by atoms with Crippen molar-refractivity contribution in [3.05, 3.63) is 0 Å². The maximum atomic E-state index is 13.6. The van der Waals surface area contributed by atoms with Gasteiger partial charge < -0.3 is 90.8 Å². The van der Waals surface area contributed by atoms with E-state index in [-0.39, 0.29) is 31.8 Å². The predicted molar refractivity (Wildman–Crippen MR) is 291 cm³/mol. The molecule has 0 unspecified atom stereocenters. The Kier molecular flexibility index (Phi) is 37.2. The van der Waals surface area contributed by atoms with Gasteiger partial charge in [-0.1, -0.05) is 84.0 Å². The van der Waals surface area contributed by atoms with Crippen LogP contribution in [0.15, 0.2) is 4.99 Å². The third-order valence-corrected chi connectivity index (χ3v) is 12.3. The zero-order chi connectivity index (χ0) is 60.9. The van der Waals surface area contributed by atoms with Gasteiger partial charge in [-0.15, -0.1) is 0 Å². The SMILES string of the molecule is CCCCCCCCCCCCCCCC(=O)N[C@H](C(=O)N[C@@H](CC(N)=O)C(=O)N[C@@H](C)C(=O)NCC(=O)N[C@@H](CCCN=C(N)N)C(=O)N[C@@H](CO)C(=O)N[C@@H](CC(=O)O)C(=O)N[C@H](C(=O)N[C@@H](C)C(=O)NC)[C@@H](C)O)[C@@H](C)O. The molecule has 0 saturated heterocycles. The zero-order valence-electron chi connectivity index (χ0n) is 47.0. The molecule has 11 amide bonds. The molecule has 0 fully saturated rings. The van der Waals surface area contributed by atoms with Gasteiger partial charge in [-0.2, -0.15) is 0 Å². The summed E-state index contributed by atoms with van der Waals surface area (Å²) in [5.74, 6) is -13.0. The number of aliphatic imine (C=N–C) groups is 1. The van der Waals surface area contributed by atoms with E-state index in [9.17, 15) is 78.0 Å². The van der Waals surface area contributed by atoms with Crippen LogP contribution in [0.4, 0.5) is 0 Å². The van der Waals surface area contributed by atoms with Gasteiger partial charge in [0, 0.05) is 20.0 Å². The monoisotopic (exact) mass is 1140 g/mol. The Hall–Kier alpha value is -7.21. The number of nitrogens with one attached hydrogen (secondary N) is 10. The van der Waals surface area contributed by atoms with Crippen molar-refractivity contribution in [2.75, 3.05) is 26.7 Å². The van der Waals surface area contributed by atoms with Crippen molar-refractivity contribution in [3.63, 3.8) is 0 Å². The van der Waals surface area contributed by atoms with Crippen LogP contribution in [0.3, 0.4) is 0 Å². The van der Waals surface area contributed by atoms with Crippen molar-refractivity contribution < 1.29 is 78.0 Å². The van der Waals surface area contributed by atoms with Crippen LogP contribution in [0.25, 0.3) is 0 Å². The molecule has 0 aliphatic rings. The highest BCUT2D eigenvalue weighted by molar-refractivity contribution is 5.99. The lowest BCUT2D eigenvalue weighted by Crippen LogP contribution is -2.61. The van der Waals surface area contributed by atoms with E-state index in [0.29, 0.717) is 6.42 Å². The number of likely N-dealkylation sites (N-methyl/N-ethyl adjacent to an activating group) is 1. The number of carboxylic acid groups (broad SMARTS) is 1. The summed E-state index contributed by atoms with van der Waals surface area (Å²) in [4.78, 5) is 158. The number of nitrogens with two attached hydrogens (primary N) is 3. The number of aliphatic hydroxyl groups excluding tert-OH is 3. The van der Waals surface area contributed by atoms with E-state index in [0.717, 1.165) is 32.6 Å². The summed E-state index contributed by atoms with van der Waals surface area (Å²) in [5, 5.41) is 62.7. The second kappa shape index (κ2) is 40.9. The van der Waals surface area contributed by atoms with E-state index in [1.807, 2.05) is 0 Å². The van der Waals surface area contributed by atoms with Gasteiger partial charge in [0.2, 0.25) is 65.0 Å². The summed E-state index contributed by atoms with van der Waals surface area (Å²) in [7, 11) is 1.30. The van der Waals surface area contributed by atoms with Crippen LogP contribution < -0.4 is 70.4 Å². The van der Waals surface area contributed by atoms with Gasteiger partial charge >= 0.3 is 5.97 Å². The lowest BCUT2D eigenvalue weighted by molar-refractivity contribution is -0.142. The molecule has 0 spiro atoms. The average Bonchev–Trinajstić information content (AvgIpc) is 3.38. The van der Waals surface area contributed by atoms with Crippen LogP contribution in [0.2, 0.25) is 0 Å². The van der Waals surface area contributed by atoms with Gasteiger partial charge in [-0.3, -0.25) is 62.5 Å². The summed E-state index contributed by atoms with van der Waals surface area (Å²) < 4.78 is 0. The smallest absolute Gasteiger partial charge is 0.305 e. The molecule has 30 heteroatoms. The second-order valence-corrected chi connectivity index (χ2v) is 19.5. The van der Waals surface area contributed by atoms with Gasteiger partial charge in [-0.05, 0) is 47.0 Å². The van der Waals surface area contributed by atoms with Crippen molar-refractivity contribution in [2.45, 2.75) is 211 Å². The van der Waals surface area contributed by atoms with Gasteiger partial charge in [0.1, 0.15) is 48.3 Å². The van der Waals surface area contributed by atoms with E-state index in [2.05, 4.69) is 65.1 Å². The van der Waals surface area contributed by atoms with E-state index in [1.165, 1.54) is 79.2 Å². The number of nitrogens with zero attached hydrogens (tertiary/aromatic N) is 1. The largest absolute Gasteiger partial charge is 0.481 e. The first-order valence-electron chi connectivity index (χ1n) is 27.1. The Morgan fingerprint density at radius 1 is 0.475 bits per heavy atom. The Labute approximate surface area is 466 Å². The molecule has 0 aromatic rings. The van der Waals surface area contributed by atoms with Crippen LogP contribution in [-0.4, -0.2) is 185 Å². The molecular formula is C50H90N14O16. The van der Waals surface area contributed by atoms with Gasteiger partial charge in [0.25, 0.3) is 0 Å². The normalized spacial score (nSPS) is 14.7. The molecule has 80 heavy (non-hydrogen) atoms. The van der Waals surface area contributed by atoms with Crippen molar-refractivity contribution >= 4 is 76.9 Å². The van der Waals surface area contributed by atoms with E-state index < -0.39 is 157 Å². The minimum Gasteiger partial charge on any atom is -0.481 e. The molecule has 0 radical (unpaired) electrons. The molecule has 20 N–H and O–H groups in total. The number of aliphatic carboxylic acids is 1. The lowest BCUT2D eigenvalue weighted by atomic mass is 10.0. The molecule has 0 aliphatic carbocycles. The minimum atomic E-state index is -1.97. The van der Waals surface area contributed by atoms with Crippen LogP contribution in [0.5, 0.6) is 0 Å². The topological polar surface area (TPSA) is 496 Å². The fourth-order valence-corrected chi connectivity index (χ4v) is 7.71. The Morgan fingerprint density at radius 3 is 1.41 bits per heavy atom. The summed E-state index contributed by atoms with van der Waals surface area (Å²) in [6.45, 7) is 4.99. The summed E-state index contributed by atoms with van der Waals surface area (Å²) in [6, 6.07) is -13.0. The number of amides is 11. The number of carbonyl (C=O) groups is 12. The van der Waals surface area contributed by atoms with Crippen molar-refractivity contribution in [2.24, 2.45) is 22.2 Å². The first-order chi connectivity index (χ1) is 37.7. The Morgan fingerprint density at radius 2 is 0.912 bits per heavy atom. The lowest BCUT2D eigenvalue weighted by Gasteiger charge is -2.26. The fraction of sp³-hybridized carbons (Fsp3) is 0.740. The number of primary amides is 1. The third-order valence-electron chi connectivity index (χ3n) is 12.3. The van der Waals surface area contributed by atoms with Gasteiger partial charge in [-0.25, -0.2) is 0 Å². The van der Waals surface area contributed by atoms with Crippen molar-refractivity contribution in [3.8, 4) is 0 Å². The van der Waals surface area contributed by atoms with Gasteiger partial charge in [0.15, 0.2) is 5.96 Å². The first kappa shape index (κ1) is 72.8. The molecule has 0 aliphatic heterocycles. The quantitative estimate of drug-likeness (QED) is 0.0155. The fourth-order valence-electron chi connectivity index (χ4n) is 7.71. The number of aliphatic hydroxyl groups is 3. The number of rotatable bonds is 43. The van der Waals surface area contributed by atoms with Gasteiger partial charge in [0.05, 0.1) is 38.2 Å². The van der Waals surface area contributed by atoms with Crippen LogP contribution in [0.1, 0.15) is 150 Å². The third kappa shape index (κ3) is 32.0. The molecule has 0 rings (SSSR count). The van der Waals surface area contributed by atoms with E-state index in [1.54, 1.807) is 0 Å². The summed E-state index contributed by atoms with van der Waals surface area (Å²) in [6.07, 6.45) is 9.34. The Bertz CT molecular complexity index is 2060. The van der Waals surface area contributed by atoms with Crippen LogP contribution in [-0.2, 0) is 57.5 Å². The number of hydrogen-bond donors (Lipinski definition) is 17. The average molecular weight is 1140 g/mol. The Balaban J connectivity index is 5.73. The number of carbonyl (C=O) groups excluding carboxylic acids is 11. The first-order valence-corrected chi connectivity index (χ1v) is 27.1. The second-order valence-electron chi connectivity index (χ2n) is 19.5. The summed E-state index contributed by atoms with van der Waals surface area (Å²) >= 11 is 0. The highest BCUT2D eigenvalue weighted by Gasteiger charge is 2.35. The molecule has 0 aromatic heterocycles. The number of hydrogen-bond acceptors (Lipinski definition) is 16. The zero-order valence-corrected chi connectivity index (χ0v) is 47.0. The van der Waals surface area contributed by atoms with Crippen LogP contribution >= 0.6 is 0 Å². The number of guanidine groups is 1. The molecule has 0 heterocycles. The highest BCUT2D eigenvalue weighted by Crippen LogP contribution is 2.13. The van der Waals surface area contributed by atoms with E-state index in [4.69, 9.17) is 17.2 Å². The summed E-state index contributed by atoms with van der Waals surface area (Å²) in [5.41, 5.74) is 16.1. The van der Waals surface area contributed by atoms with Crippen molar-refractivity contribution in [1.82, 2.24) is 53.2 Å². The molecule has 456 valence electrons. The molecule has 30 nitrogen and oxygen atoms in total. The molecule has 0 bridgehead atoms. The molecular weight excluding hydrogens is 1050 g/mol. The molecule has 0 saturated carbocycles. The van der Waals surface area contributed by atoms with Crippen molar-refractivity contribution in [1.29, 1.82) is 0 Å². The predicted octanol–water partition coefficient (Wildman–Crippen LogP) is -4.59.